The molecule has 0 radical (unpaired) electrons. The van der Waals surface area contributed by atoms with E-state index in [1.165, 1.54) is 9.80 Å². The number of hydrogen-bond donors (Lipinski definition) is 1. The largest absolute Gasteiger partial charge is 0.507 e. The van der Waals surface area contributed by atoms with Crippen LogP contribution < -0.4 is 4.90 Å². The maximum atomic E-state index is 14.0. The zero-order valence-electron chi connectivity index (χ0n) is 20.0. The molecule has 35 heavy (non-hydrogen) atoms. The number of morpholine rings is 1. The standard InChI is InChI=1S/C27H29N3O5/c1-18-8-10-19(11-9-18)23(31)22-24(32)25(33)30(13-5-12-29-14-16-35-17-15-29)27(22)20-6-3-4-7-21(20)28(2)26(27)34/h3-4,6-11,31H,5,12-17H2,1-2H3/t27-/m0/s1. The zero-order chi connectivity index (χ0) is 24.7. The number of aliphatic hydroxyl groups is 1. The maximum Gasteiger partial charge on any atom is 0.296 e. The number of anilines is 1. The number of aryl methyl sites for hydroxylation is 1. The SMILES string of the molecule is Cc1ccc(C(O)=C2C(=O)C(=O)N(CCCN3CCOCC3)[C@]23C(=O)N(C)c2ccccc23)cc1. The Morgan fingerprint density at radius 3 is 2.40 bits per heavy atom. The molecule has 8 heteroatoms. The summed E-state index contributed by atoms with van der Waals surface area (Å²) in [6.45, 7) is 5.79. The van der Waals surface area contributed by atoms with Crippen LogP contribution in [-0.4, -0.2) is 78.9 Å². The fourth-order valence-electron chi connectivity index (χ4n) is 5.40. The Morgan fingerprint density at radius 1 is 1.00 bits per heavy atom. The molecule has 3 aliphatic heterocycles. The molecule has 3 heterocycles. The second-order valence-corrected chi connectivity index (χ2v) is 9.27. The number of nitrogens with zero attached hydrogens (tertiary/aromatic N) is 3. The summed E-state index contributed by atoms with van der Waals surface area (Å²) >= 11 is 0. The van der Waals surface area contributed by atoms with Gasteiger partial charge in [-0.25, -0.2) is 0 Å². The summed E-state index contributed by atoms with van der Waals surface area (Å²) < 4.78 is 5.41. The van der Waals surface area contributed by atoms with Crippen LogP contribution in [0.2, 0.25) is 0 Å². The highest BCUT2D eigenvalue weighted by Gasteiger charge is 2.66. The van der Waals surface area contributed by atoms with Crippen LogP contribution in [0.4, 0.5) is 5.69 Å². The molecule has 2 amide bonds. The average molecular weight is 476 g/mol. The third-order valence-corrected chi connectivity index (χ3v) is 7.22. The number of rotatable bonds is 5. The number of para-hydroxylation sites is 1. The highest BCUT2D eigenvalue weighted by atomic mass is 16.5. The smallest absolute Gasteiger partial charge is 0.296 e. The molecule has 5 rings (SSSR count). The van der Waals surface area contributed by atoms with E-state index in [0.717, 1.165) is 18.7 Å². The Morgan fingerprint density at radius 2 is 1.69 bits per heavy atom. The molecule has 0 aliphatic carbocycles. The van der Waals surface area contributed by atoms with Crippen molar-refractivity contribution in [3.63, 3.8) is 0 Å². The molecule has 2 saturated heterocycles. The number of likely N-dealkylation sites (N-methyl/N-ethyl adjacent to an activating group) is 1. The summed E-state index contributed by atoms with van der Waals surface area (Å²) in [7, 11) is 1.63. The second kappa shape index (κ2) is 8.94. The lowest BCUT2D eigenvalue weighted by molar-refractivity contribution is -0.143. The quantitative estimate of drug-likeness (QED) is 0.405. The Hall–Kier alpha value is -3.49. The van der Waals surface area contributed by atoms with Gasteiger partial charge in [-0.05, 0) is 19.4 Å². The Labute approximate surface area is 204 Å². The zero-order valence-corrected chi connectivity index (χ0v) is 20.0. The minimum Gasteiger partial charge on any atom is -0.507 e. The van der Waals surface area contributed by atoms with Gasteiger partial charge in [0.15, 0.2) is 5.54 Å². The van der Waals surface area contributed by atoms with E-state index >= 15 is 0 Å². The lowest BCUT2D eigenvalue weighted by Crippen LogP contribution is -2.52. The normalized spacial score (nSPS) is 24.0. The Balaban J connectivity index is 1.63. The summed E-state index contributed by atoms with van der Waals surface area (Å²) in [6, 6.07) is 14.2. The first-order valence-corrected chi connectivity index (χ1v) is 11.9. The van der Waals surface area contributed by atoms with Crippen molar-refractivity contribution in [3.8, 4) is 0 Å². The minimum atomic E-state index is -1.69. The highest BCUT2D eigenvalue weighted by Crippen LogP contribution is 2.53. The summed E-state index contributed by atoms with van der Waals surface area (Å²) in [5.74, 6) is -2.36. The van der Waals surface area contributed by atoms with Crippen molar-refractivity contribution in [2.75, 3.05) is 51.3 Å². The first kappa shape index (κ1) is 23.3. The maximum absolute atomic E-state index is 14.0. The number of amides is 2. The Bertz CT molecular complexity index is 1220. The summed E-state index contributed by atoms with van der Waals surface area (Å²) in [6.07, 6.45) is 0.582. The van der Waals surface area contributed by atoms with Gasteiger partial charge in [-0.1, -0.05) is 48.0 Å². The van der Waals surface area contributed by atoms with Crippen molar-refractivity contribution < 1.29 is 24.2 Å². The van der Waals surface area contributed by atoms with Crippen LogP contribution in [0.15, 0.2) is 54.1 Å². The molecule has 0 unspecified atom stereocenters. The number of fused-ring (bicyclic) bond motifs is 2. The number of aliphatic hydroxyl groups excluding tert-OH is 1. The molecule has 2 aromatic rings. The number of Topliss-reactive ketones (excluding diaryl/α,β-unsaturated/α-hetero) is 1. The van der Waals surface area contributed by atoms with Gasteiger partial charge in [0.25, 0.3) is 17.6 Å². The highest BCUT2D eigenvalue weighted by molar-refractivity contribution is 6.50. The molecule has 0 saturated carbocycles. The van der Waals surface area contributed by atoms with E-state index in [4.69, 9.17) is 4.74 Å². The number of ketones is 1. The first-order valence-electron chi connectivity index (χ1n) is 11.9. The molecule has 0 bridgehead atoms. The Kier molecular flexibility index (Phi) is 5.94. The van der Waals surface area contributed by atoms with E-state index in [9.17, 15) is 19.5 Å². The van der Waals surface area contributed by atoms with Gasteiger partial charge in [0, 0.05) is 50.0 Å². The minimum absolute atomic E-state index is 0.167. The van der Waals surface area contributed by atoms with Crippen LogP contribution in [0, 0.1) is 6.92 Å². The van der Waals surface area contributed by atoms with Gasteiger partial charge in [-0.3, -0.25) is 19.3 Å². The molecule has 3 aliphatic rings. The van der Waals surface area contributed by atoms with Gasteiger partial charge in [-0.2, -0.15) is 0 Å². The van der Waals surface area contributed by atoms with Gasteiger partial charge in [0.2, 0.25) is 0 Å². The molecular weight excluding hydrogens is 446 g/mol. The summed E-state index contributed by atoms with van der Waals surface area (Å²) in [5.41, 5.74) is 0.668. The van der Waals surface area contributed by atoms with Crippen LogP contribution in [0.5, 0.6) is 0 Å². The van der Waals surface area contributed by atoms with Crippen molar-refractivity contribution in [2.45, 2.75) is 18.9 Å². The predicted octanol–water partition coefficient (Wildman–Crippen LogP) is 2.27. The topological polar surface area (TPSA) is 90.4 Å². The van der Waals surface area contributed by atoms with Gasteiger partial charge in [0.1, 0.15) is 5.76 Å². The van der Waals surface area contributed by atoms with Crippen LogP contribution in [-0.2, 0) is 24.7 Å². The van der Waals surface area contributed by atoms with E-state index in [1.54, 1.807) is 37.4 Å². The molecule has 2 aromatic carbocycles. The van der Waals surface area contributed by atoms with Crippen molar-refractivity contribution in [2.24, 2.45) is 0 Å². The van der Waals surface area contributed by atoms with Gasteiger partial charge in [0.05, 0.1) is 18.8 Å². The lowest BCUT2D eigenvalue weighted by atomic mass is 9.81. The van der Waals surface area contributed by atoms with Crippen LogP contribution >= 0.6 is 0 Å². The van der Waals surface area contributed by atoms with Crippen LogP contribution in [0.1, 0.15) is 23.1 Å². The van der Waals surface area contributed by atoms with E-state index < -0.39 is 23.1 Å². The van der Waals surface area contributed by atoms with Gasteiger partial charge in [-0.15, -0.1) is 0 Å². The average Bonchev–Trinajstić information content (AvgIpc) is 3.23. The monoisotopic (exact) mass is 475 g/mol. The number of carbonyl (C=O) groups excluding carboxylic acids is 3. The second-order valence-electron chi connectivity index (χ2n) is 9.27. The fraction of sp³-hybridized carbons (Fsp3) is 0.370. The third kappa shape index (κ3) is 3.56. The number of ether oxygens (including phenoxy) is 1. The van der Waals surface area contributed by atoms with Crippen molar-refractivity contribution in [1.29, 1.82) is 0 Å². The van der Waals surface area contributed by atoms with E-state index in [-0.39, 0.29) is 17.9 Å². The van der Waals surface area contributed by atoms with E-state index in [0.29, 0.717) is 43.0 Å². The molecule has 182 valence electrons. The van der Waals surface area contributed by atoms with Gasteiger partial charge < -0.3 is 19.6 Å². The molecule has 1 atom stereocenters. The molecule has 0 aromatic heterocycles. The number of likely N-dealkylation sites (tertiary alicyclic amines) is 1. The summed E-state index contributed by atoms with van der Waals surface area (Å²) in [4.78, 5) is 46.0. The van der Waals surface area contributed by atoms with Crippen LogP contribution in [0.3, 0.4) is 0 Å². The van der Waals surface area contributed by atoms with E-state index in [2.05, 4.69) is 4.90 Å². The predicted molar refractivity (Wildman–Crippen MR) is 131 cm³/mol. The number of carbonyl (C=O) groups is 3. The molecule has 1 spiro atoms. The molecule has 1 N–H and O–H groups in total. The lowest BCUT2D eigenvalue weighted by Gasteiger charge is -2.35. The number of benzene rings is 2. The molecule has 2 fully saturated rings. The molecule has 8 nitrogen and oxygen atoms in total. The van der Waals surface area contributed by atoms with Crippen molar-refractivity contribution in [3.05, 3.63) is 70.8 Å². The van der Waals surface area contributed by atoms with Crippen molar-refractivity contribution in [1.82, 2.24) is 9.80 Å². The third-order valence-electron chi connectivity index (χ3n) is 7.22. The van der Waals surface area contributed by atoms with E-state index in [1.807, 2.05) is 25.1 Å². The van der Waals surface area contributed by atoms with Crippen molar-refractivity contribution >= 4 is 29.0 Å². The summed E-state index contributed by atoms with van der Waals surface area (Å²) in [5, 5.41) is 11.4. The number of hydrogen-bond acceptors (Lipinski definition) is 6. The first-order chi connectivity index (χ1) is 16.9. The fourth-order valence-corrected chi connectivity index (χ4v) is 5.40. The van der Waals surface area contributed by atoms with Gasteiger partial charge >= 0.3 is 0 Å². The molecular formula is C27H29N3O5. The van der Waals surface area contributed by atoms with Crippen LogP contribution in [0.25, 0.3) is 5.76 Å².